The summed E-state index contributed by atoms with van der Waals surface area (Å²) in [5.74, 6) is -0.0236. The average Bonchev–Trinajstić information content (AvgIpc) is 2.79. The first-order valence-corrected chi connectivity index (χ1v) is 11.9. The average molecular weight is 545 g/mol. The first kappa shape index (κ1) is 26.5. The largest absolute Gasteiger partial charge is 0.487 e. The molecular weight excluding hydrogens is 522 g/mol. The molecule has 0 unspecified atom stereocenters. The molecule has 4 rings (SSSR count). The van der Waals surface area contributed by atoms with Crippen molar-refractivity contribution in [1.29, 1.82) is 0 Å². The van der Waals surface area contributed by atoms with Gasteiger partial charge in [0.2, 0.25) is 0 Å². The highest BCUT2D eigenvalue weighted by Crippen LogP contribution is 2.25. The minimum atomic E-state index is -1.47. The maximum Gasteiger partial charge on any atom is 0.263 e. The minimum absolute atomic E-state index is 0.0335. The van der Waals surface area contributed by atoms with E-state index in [2.05, 4.69) is 9.97 Å². The maximum atomic E-state index is 13.2. The highest BCUT2D eigenvalue weighted by atomic mass is 35.5. The Morgan fingerprint density at radius 2 is 1.78 bits per heavy atom. The van der Waals surface area contributed by atoms with Crippen LogP contribution in [0.5, 0.6) is 5.75 Å². The molecule has 8 nitrogen and oxygen atoms in total. The monoisotopic (exact) mass is 544 g/mol. The third-order valence-corrected chi connectivity index (χ3v) is 6.29. The van der Waals surface area contributed by atoms with Gasteiger partial charge in [0.15, 0.2) is 0 Å². The number of aromatic nitrogens is 4. The van der Waals surface area contributed by atoms with Gasteiger partial charge in [-0.05, 0) is 45.4 Å². The molecule has 0 saturated heterocycles. The Balaban J connectivity index is 1.72. The SMILES string of the molecule is Cc1cnc(-n2ccc(Cl)c(C(C)(C)O)c2=O)cc1-n1c(C)cc(OCc2ncc(F)cc2Cl)cc1=O. The molecule has 0 aliphatic carbocycles. The van der Waals surface area contributed by atoms with Crippen LogP contribution in [0.3, 0.4) is 0 Å². The molecule has 0 fully saturated rings. The third-order valence-electron chi connectivity index (χ3n) is 5.65. The zero-order valence-electron chi connectivity index (χ0n) is 20.4. The van der Waals surface area contributed by atoms with E-state index in [0.29, 0.717) is 22.6 Å². The van der Waals surface area contributed by atoms with Gasteiger partial charge in [-0.25, -0.2) is 9.37 Å². The van der Waals surface area contributed by atoms with Crippen molar-refractivity contribution in [2.45, 2.75) is 39.9 Å². The van der Waals surface area contributed by atoms with Crippen LogP contribution in [0.1, 0.15) is 36.4 Å². The van der Waals surface area contributed by atoms with Crippen LogP contribution in [0.4, 0.5) is 4.39 Å². The minimum Gasteiger partial charge on any atom is -0.487 e. The van der Waals surface area contributed by atoms with Crippen LogP contribution in [0.2, 0.25) is 10.0 Å². The van der Waals surface area contributed by atoms with E-state index in [9.17, 15) is 19.1 Å². The van der Waals surface area contributed by atoms with Gasteiger partial charge in [0.05, 0.1) is 38.8 Å². The van der Waals surface area contributed by atoms with E-state index in [0.717, 1.165) is 12.3 Å². The van der Waals surface area contributed by atoms with E-state index in [-0.39, 0.29) is 39.3 Å². The highest BCUT2D eigenvalue weighted by molar-refractivity contribution is 6.31. The fraction of sp³-hybridized carbons (Fsp3) is 0.231. The number of hydrogen-bond donors (Lipinski definition) is 1. The lowest BCUT2D eigenvalue weighted by Gasteiger charge is -2.20. The fourth-order valence-corrected chi connectivity index (χ4v) is 4.46. The van der Waals surface area contributed by atoms with Gasteiger partial charge in [0.25, 0.3) is 11.1 Å². The van der Waals surface area contributed by atoms with Gasteiger partial charge in [0, 0.05) is 36.3 Å². The van der Waals surface area contributed by atoms with E-state index in [1.165, 1.54) is 41.3 Å². The number of aryl methyl sites for hydroxylation is 2. The summed E-state index contributed by atoms with van der Waals surface area (Å²) in [6, 6.07) is 7.22. The van der Waals surface area contributed by atoms with Gasteiger partial charge in [-0.2, -0.15) is 0 Å². The smallest absolute Gasteiger partial charge is 0.263 e. The van der Waals surface area contributed by atoms with Gasteiger partial charge in [-0.15, -0.1) is 0 Å². The first-order chi connectivity index (χ1) is 17.4. The molecule has 1 N–H and O–H groups in total. The molecule has 11 heteroatoms. The van der Waals surface area contributed by atoms with E-state index < -0.39 is 17.0 Å². The van der Waals surface area contributed by atoms with Crippen molar-refractivity contribution in [1.82, 2.24) is 19.1 Å². The molecule has 0 aliphatic heterocycles. The standard InChI is InChI=1S/C26H23Cl2FN4O4/c1-14-11-31-22(32-6-5-18(27)24(25(32)35)26(3,4)36)10-21(14)33-15(2)7-17(9-23(33)34)37-13-20-19(28)8-16(29)12-30-20/h5-12,36H,13H2,1-4H3. The molecule has 4 aromatic heterocycles. The molecule has 0 saturated carbocycles. The highest BCUT2D eigenvalue weighted by Gasteiger charge is 2.25. The molecule has 0 aromatic carbocycles. The van der Waals surface area contributed by atoms with Crippen molar-refractivity contribution in [2.75, 3.05) is 0 Å². The third kappa shape index (κ3) is 5.44. The summed E-state index contributed by atoms with van der Waals surface area (Å²) in [6.07, 6.45) is 4.05. The molecule has 0 spiro atoms. The molecule has 0 aliphatic rings. The van der Waals surface area contributed by atoms with Gasteiger partial charge >= 0.3 is 0 Å². The van der Waals surface area contributed by atoms with Gasteiger partial charge in [-0.1, -0.05) is 23.2 Å². The summed E-state index contributed by atoms with van der Waals surface area (Å²) in [4.78, 5) is 34.5. The van der Waals surface area contributed by atoms with Crippen molar-refractivity contribution >= 4 is 23.2 Å². The Morgan fingerprint density at radius 1 is 1.05 bits per heavy atom. The Hall–Kier alpha value is -3.53. The number of halogens is 3. The van der Waals surface area contributed by atoms with E-state index in [1.54, 1.807) is 32.2 Å². The van der Waals surface area contributed by atoms with Crippen LogP contribution in [-0.2, 0) is 12.2 Å². The summed E-state index contributed by atoms with van der Waals surface area (Å²) in [5.41, 5.74) is -0.256. The normalized spacial score (nSPS) is 11.6. The summed E-state index contributed by atoms with van der Waals surface area (Å²) < 4.78 is 21.6. The Kier molecular flexibility index (Phi) is 7.23. The second-order valence-corrected chi connectivity index (χ2v) is 9.79. The number of pyridine rings is 4. The van der Waals surface area contributed by atoms with Gasteiger partial charge in [0.1, 0.15) is 24.0 Å². The Morgan fingerprint density at radius 3 is 2.43 bits per heavy atom. The molecule has 0 amide bonds. The van der Waals surface area contributed by atoms with Crippen LogP contribution in [-0.4, -0.2) is 24.2 Å². The predicted molar refractivity (Wildman–Crippen MR) is 139 cm³/mol. The Labute approximate surface area is 221 Å². The maximum absolute atomic E-state index is 13.2. The molecule has 0 atom stereocenters. The zero-order valence-corrected chi connectivity index (χ0v) is 21.9. The quantitative estimate of drug-likeness (QED) is 0.379. The molecular formula is C26H23Cl2FN4O4. The lowest BCUT2D eigenvalue weighted by atomic mass is 10.00. The molecule has 4 aromatic rings. The van der Waals surface area contributed by atoms with E-state index in [4.69, 9.17) is 27.9 Å². The zero-order chi connectivity index (χ0) is 27.1. The molecule has 192 valence electrons. The van der Waals surface area contributed by atoms with Crippen molar-refractivity contribution < 1.29 is 14.2 Å². The second-order valence-electron chi connectivity index (χ2n) is 8.98. The Bertz CT molecular complexity index is 1630. The topological polar surface area (TPSA) is 99.2 Å². The number of aliphatic hydroxyl groups is 1. The van der Waals surface area contributed by atoms with Gasteiger partial charge in [-0.3, -0.25) is 23.7 Å². The van der Waals surface area contributed by atoms with Crippen LogP contribution in [0.25, 0.3) is 11.5 Å². The predicted octanol–water partition coefficient (Wildman–Crippen LogP) is 4.65. The molecule has 0 bridgehead atoms. The van der Waals surface area contributed by atoms with Crippen molar-refractivity contribution in [2.24, 2.45) is 0 Å². The van der Waals surface area contributed by atoms with E-state index >= 15 is 0 Å². The molecule has 37 heavy (non-hydrogen) atoms. The summed E-state index contributed by atoms with van der Waals surface area (Å²) >= 11 is 12.2. The number of hydrogen-bond acceptors (Lipinski definition) is 6. The second kappa shape index (κ2) is 10.1. The number of rotatable bonds is 6. The van der Waals surface area contributed by atoms with Crippen molar-refractivity contribution in [3.05, 3.63) is 108 Å². The lowest BCUT2D eigenvalue weighted by Crippen LogP contribution is -2.32. The number of ether oxygens (including phenoxy) is 1. The van der Waals surface area contributed by atoms with Crippen molar-refractivity contribution in [3.63, 3.8) is 0 Å². The molecule has 0 radical (unpaired) electrons. The van der Waals surface area contributed by atoms with Crippen LogP contribution >= 0.6 is 23.2 Å². The first-order valence-electron chi connectivity index (χ1n) is 11.1. The van der Waals surface area contributed by atoms with Crippen LogP contribution < -0.4 is 15.9 Å². The molecule has 4 heterocycles. The van der Waals surface area contributed by atoms with Crippen LogP contribution in [0.15, 0.2) is 58.5 Å². The van der Waals surface area contributed by atoms with Crippen LogP contribution in [0, 0.1) is 19.7 Å². The summed E-state index contributed by atoms with van der Waals surface area (Å²) in [6.45, 7) is 6.42. The van der Waals surface area contributed by atoms with E-state index in [1.807, 2.05) is 0 Å². The van der Waals surface area contributed by atoms with Crippen molar-refractivity contribution in [3.8, 4) is 17.3 Å². The number of nitrogens with zero attached hydrogens (tertiary/aromatic N) is 4. The fourth-order valence-electron chi connectivity index (χ4n) is 3.89. The summed E-state index contributed by atoms with van der Waals surface area (Å²) in [5, 5.41) is 10.7. The lowest BCUT2D eigenvalue weighted by molar-refractivity contribution is 0.0769. The van der Waals surface area contributed by atoms with Gasteiger partial charge < -0.3 is 9.84 Å². The summed E-state index contributed by atoms with van der Waals surface area (Å²) in [7, 11) is 0.